The Labute approximate surface area is 77.2 Å². The van der Waals surface area contributed by atoms with Crippen molar-refractivity contribution in [2.75, 3.05) is 0 Å². The highest BCUT2D eigenvalue weighted by atomic mass is 19.3. The van der Waals surface area contributed by atoms with Crippen molar-refractivity contribution in [2.24, 2.45) is 0 Å². The number of hydrogen-bond acceptors (Lipinski definition) is 2. The number of carboxylic acid groups (broad SMARTS) is 1. The van der Waals surface area contributed by atoms with Gasteiger partial charge in [0.15, 0.2) is 0 Å². The van der Waals surface area contributed by atoms with Gasteiger partial charge in [-0.15, -0.1) is 0 Å². The summed E-state index contributed by atoms with van der Waals surface area (Å²) < 4.78 is 37.3. The molecule has 0 saturated carbocycles. The Morgan fingerprint density at radius 3 is 2.57 bits per heavy atom. The second kappa shape index (κ2) is 3.65. The van der Waals surface area contributed by atoms with Gasteiger partial charge in [-0.3, -0.25) is 0 Å². The normalized spacial score (nSPS) is 10.6. The molecule has 76 valence electrons. The van der Waals surface area contributed by atoms with E-state index in [-0.39, 0.29) is 5.56 Å². The van der Waals surface area contributed by atoms with Crippen molar-refractivity contribution in [1.29, 1.82) is 0 Å². The fourth-order valence-electron chi connectivity index (χ4n) is 1.06. The summed E-state index contributed by atoms with van der Waals surface area (Å²) >= 11 is 0. The maximum atomic E-state index is 12.8. The van der Waals surface area contributed by atoms with Gasteiger partial charge in [0.1, 0.15) is 0 Å². The molecule has 1 heterocycles. The average molecular weight is 205 g/mol. The van der Waals surface area contributed by atoms with Gasteiger partial charge < -0.3 is 5.11 Å². The summed E-state index contributed by atoms with van der Waals surface area (Å²) in [4.78, 5) is 13.5. The number of carbonyl (C=O) groups is 1. The number of pyridine rings is 1. The number of aromatic carboxylic acids is 1. The Balaban J connectivity index is 3.41. The van der Waals surface area contributed by atoms with Crippen LogP contribution in [0.4, 0.5) is 13.2 Å². The third-order valence-corrected chi connectivity index (χ3v) is 1.79. The van der Waals surface area contributed by atoms with Crippen LogP contribution in [0.3, 0.4) is 0 Å². The minimum atomic E-state index is -3.07. The van der Waals surface area contributed by atoms with E-state index in [1.54, 1.807) is 0 Å². The number of aromatic nitrogens is 1. The number of alkyl halides is 2. The highest BCUT2D eigenvalue weighted by Crippen LogP contribution is 2.26. The first kappa shape index (κ1) is 10.5. The lowest BCUT2D eigenvalue weighted by molar-refractivity contribution is 0.0694. The van der Waals surface area contributed by atoms with E-state index in [0.717, 1.165) is 13.1 Å². The van der Waals surface area contributed by atoms with E-state index in [9.17, 15) is 18.0 Å². The lowest BCUT2D eigenvalue weighted by Gasteiger charge is -2.07. The van der Waals surface area contributed by atoms with Crippen molar-refractivity contribution in [1.82, 2.24) is 4.98 Å². The van der Waals surface area contributed by atoms with Crippen molar-refractivity contribution in [2.45, 2.75) is 13.3 Å². The van der Waals surface area contributed by atoms with E-state index in [0.29, 0.717) is 0 Å². The maximum Gasteiger partial charge on any atom is 0.337 e. The second-order valence-electron chi connectivity index (χ2n) is 2.61. The van der Waals surface area contributed by atoms with Gasteiger partial charge in [0, 0.05) is 6.20 Å². The first-order chi connectivity index (χ1) is 6.45. The van der Waals surface area contributed by atoms with E-state index in [1.165, 1.54) is 0 Å². The van der Waals surface area contributed by atoms with Crippen molar-refractivity contribution in [3.05, 3.63) is 28.8 Å². The van der Waals surface area contributed by atoms with Gasteiger partial charge in [0.05, 0.1) is 11.1 Å². The molecule has 0 bridgehead atoms. The summed E-state index contributed by atoms with van der Waals surface area (Å²) in [5.74, 6) is -2.74. The molecule has 0 aliphatic carbocycles. The molecule has 0 spiro atoms. The standard InChI is InChI=1S/C8H6F3NO2/c1-3-4(8(13)14)2-12-7(11)5(3)6(9)10/h2,6H,1H3,(H,13,14). The Morgan fingerprint density at radius 2 is 2.14 bits per heavy atom. The fraction of sp³-hybridized carbons (Fsp3) is 0.250. The average Bonchev–Trinajstić information content (AvgIpc) is 2.02. The zero-order valence-corrected chi connectivity index (χ0v) is 7.09. The van der Waals surface area contributed by atoms with E-state index in [2.05, 4.69) is 4.98 Å². The SMILES string of the molecule is Cc1c(C(=O)O)cnc(F)c1C(F)F. The monoisotopic (exact) mass is 205 g/mol. The Morgan fingerprint density at radius 1 is 1.57 bits per heavy atom. The van der Waals surface area contributed by atoms with Crippen LogP contribution < -0.4 is 0 Å². The van der Waals surface area contributed by atoms with Crippen LogP contribution in [0.5, 0.6) is 0 Å². The van der Waals surface area contributed by atoms with E-state index in [4.69, 9.17) is 5.11 Å². The van der Waals surface area contributed by atoms with Crippen molar-refractivity contribution < 1.29 is 23.1 Å². The molecule has 1 N–H and O–H groups in total. The fourth-order valence-corrected chi connectivity index (χ4v) is 1.06. The Kier molecular flexibility index (Phi) is 2.73. The minimum absolute atomic E-state index is 0.292. The van der Waals surface area contributed by atoms with Gasteiger partial charge in [-0.25, -0.2) is 18.6 Å². The van der Waals surface area contributed by atoms with Gasteiger partial charge >= 0.3 is 5.97 Å². The smallest absolute Gasteiger partial charge is 0.337 e. The molecule has 0 aromatic carbocycles. The first-order valence-electron chi connectivity index (χ1n) is 3.61. The molecular formula is C8H6F3NO2. The minimum Gasteiger partial charge on any atom is -0.478 e. The van der Waals surface area contributed by atoms with Gasteiger partial charge in [-0.05, 0) is 12.5 Å². The molecule has 0 saturated heterocycles. The first-order valence-corrected chi connectivity index (χ1v) is 3.61. The molecule has 0 atom stereocenters. The third kappa shape index (κ3) is 1.68. The number of carboxylic acids is 1. The van der Waals surface area contributed by atoms with E-state index < -0.39 is 29.5 Å². The lowest BCUT2D eigenvalue weighted by Crippen LogP contribution is -2.07. The molecule has 1 aromatic rings. The van der Waals surface area contributed by atoms with Crippen LogP contribution in [0.25, 0.3) is 0 Å². The van der Waals surface area contributed by atoms with Crippen LogP contribution in [-0.2, 0) is 0 Å². The van der Waals surface area contributed by atoms with Crippen molar-refractivity contribution in [3.8, 4) is 0 Å². The van der Waals surface area contributed by atoms with Crippen molar-refractivity contribution in [3.63, 3.8) is 0 Å². The quantitative estimate of drug-likeness (QED) is 0.752. The summed E-state index contributed by atoms with van der Waals surface area (Å²) in [5.41, 5.74) is -1.66. The summed E-state index contributed by atoms with van der Waals surface area (Å²) in [7, 11) is 0. The van der Waals surface area contributed by atoms with E-state index >= 15 is 0 Å². The zero-order valence-electron chi connectivity index (χ0n) is 7.09. The van der Waals surface area contributed by atoms with Crippen LogP contribution in [0, 0.1) is 12.9 Å². The molecule has 0 aliphatic rings. The van der Waals surface area contributed by atoms with Crippen LogP contribution in [0.1, 0.15) is 27.9 Å². The summed E-state index contributed by atoms with van der Waals surface area (Å²) in [5, 5.41) is 8.56. The molecular weight excluding hydrogens is 199 g/mol. The topological polar surface area (TPSA) is 50.2 Å². The molecule has 1 rings (SSSR count). The maximum absolute atomic E-state index is 12.8. The zero-order chi connectivity index (χ0) is 10.9. The van der Waals surface area contributed by atoms with Crippen LogP contribution in [-0.4, -0.2) is 16.1 Å². The predicted octanol–water partition coefficient (Wildman–Crippen LogP) is 2.16. The van der Waals surface area contributed by atoms with Gasteiger partial charge in [0.2, 0.25) is 5.95 Å². The number of halogens is 3. The molecule has 3 nitrogen and oxygen atoms in total. The molecule has 1 aromatic heterocycles. The molecule has 0 aliphatic heterocycles. The van der Waals surface area contributed by atoms with Crippen LogP contribution in [0.2, 0.25) is 0 Å². The summed E-state index contributed by atoms with van der Waals surface area (Å²) in [6.45, 7) is 1.12. The molecule has 0 unspecified atom stereocenters. The van der Waals surface area contributed by atoms with Crippen LogP contribution >= 0.6 is 0 Å². The lowest BCUT2D eigenvalue weighted by atomic mass is 10.1. The van der Waals surface area contributed by atoms with Crippen molar-refractivity contribution >= 4 is 5.97 Å². The second-order valence-corrected chi connectivity index (χ2v) is 2.61. The molecule has 0 fully saturated rings. The highest BCUT2D eigenvalue weighted by molar-refractivity contribution is 5.89. The van der Waals surface area contributed by atoms with Crippen LogP contribution in [0.15, 0.2) is 6.20 Å². The van der Waals surface area contributed by atoms with Gasteiger partial charge in [-0.1, -0.05) is 0 Å². The Bertz CT molecular complexity index is 379. The third-order valence-electron chi connectivity index (χ3n) is 1.79. The number of nitrogens with zero attached hydrogens (tertiary/aromatic N) is 1. The summed E-state index contributed by atoms with van der Waals surface area (Å²) in [6, 6.07) is 0. The highest BCUT2D eigenvalue weighted by Gasteiger charge is 2.22. The molecule has 0 radical (unpaired) electrons. The molecule has 6 heteroatoms. The molecule has 0 amide bonds. The molecule has 14 heavy (non-hydrogen) atoms. The largest absolute Gasteiger partial charge is 0.478 e. The number of hydrogen-bond donors (Lipinski definition) is 1. The predicted molar refractivity (Wildman–Crippen MR) is 40.8 cm³/mol. The summed E-state index contributed by atoms with van der Waals surface area (Å²) in [6.07, 6.45) is -2.35. The number of rotatable bonds is 2. The van der Waals surface area contributed by atoms with Gasteiger partial charge in [-0.2, -0.15) is 4.39 Å². The Hall–Kier alpha value is -1.59. The van der Waals surface area contributed by atoms with Gasteiger partial charge in [0.25, 0.3) is 6.43 Å². The van der Waals surface area contributed by atoms with E-state index in [1.807, 2.05) is 0 Å².